The van der Waals surface area contributed by atoms with Crippen molar-refractivity contribution in [3.63, 3.8) is 0 Å². The van der Waals surface area contributed by atoms with Gasteiger partial charge in [0.25, 0.3) is 0 Å². The van der Waals surface area contributed by atoms with Gasteiger partial charge in [-0.25, -0.2) is 0 Å². The maximum Gasteiger partial charge on any atom is 0.0990 e. The van der Waals surface area contributed by atoms with Crippen LogP contribution in [0.5, 0.6) is 0 Å². The number of rotatable bonds is 1. The Bertz CT molecular complexity index is 560. The molecule has 0 aromatic rings. The highest BCUT2D eigenvalue weighted by molar-refractivity contribution is 5.31. The van der Waals surface area contributed by atoms with Crippen molar-refractivity contribution >= 4 is 0 Å². The first-order chi connectivity index (χ1) is 10.9. The molecule has 3 aliphatic carbocycles. The van der Waals surface area contributed by atoms with Crippen molar-refractivity contribution in [1.29, 1.82) is 0 Å². The summed E-state index contributed by atoms with van der Waals surface area (Å²) in [4.78, 5) is 0. The van der Waals surface area contributed by atoms with E-state index in [0.717, 1.165) is 0 Å². The molecule has 0 aromatic carbocycles. The van der Waals surface area contributed by atoms with E-state index in [2.05, 4.69) is 6.58 Å². The van der Waals surface area contributed by atoms with Gasteiger partial charge < -0.3 is 20.4 Å². The molecule has 138 valence electrons. The molecule has 0 saturated heterocycles. The molecule has 4 heteroatoms. The van der Waals surface area contributed by atoms with E-state index in [9.17, 15) is 20.4 Å². The minimum Gasteiger partial charge on any atom is -0.389 e. The quantitative estimate of drug-likeness (QED) is 0.554. The first kappa shape index (κ1) is 18.4. The van der Waals surface area contributed by atoms with Crippen LogP contribution in [0.15, 0.2) is 12.2 Å². The lowest BCUT2D eigenvalue weighted by Gasteiger charge is -2.53. The fourth-order valence-electron chi connectivity index (χ4n) is 6.10. The second kappa shape index (κ2) is 5.06. The van der Waals surface area contributed by atoms with Crippen molar-refractivity contribution in [2.45, 2.75) is 95.5 Å². The van der Waals surface area contributed by atoms with Crippen LogP contribution < -0.4 is 0 Å². The Morgan fingerprint density at radius 2 is 1.54 bits per heavy atom. The lowest BCUT2D eigenvalue weighted by molar-refractivity contribution is -0.201. The van der Waals surface area contributed by atoms with Gasteiger partial charge in [-0.1, -0.05) is 34.3 Å². The summed E-state index contributed by atoms with van der Waals surface area (Å²) >= 11 is 0. The number of aliphatic hydroxyl groups is 4. The Hall–Kier alpha value is -0.420. The van der Waals surface area contributed by atoms with Gasteiger partial charge in [-0.05, 0) is 56.4 Å². The summed E-state index contributed by atoms with van der Waals surface area (Å²) in [5, 5.41) is 45.0. The van der Waals surface area contributed by atoms with E-state index < -0.39 is 33.7 Å². The Kier molecular flexibility index (Phi) is 3.87. The number of fused-ring (bicyclic) bond motifs is 2. The third-order valence-corrected chi connectivity index (χ3v) is 8.31. The van der Waals surface area contributed by atoms with E-state index in [1.165, 1.54) is 0 Å². The van der Waals surface area contributed by atoms with Crippen LogP contribution in [0, 0.1) is 16.7 Å². The van der Waals surface area contributed by atoms with Crippen molar-refractivity contribution in [3.8, 4) is 0 Å². The Morgan fingerprint density at radius 3 is 2.12 bits per heavy atom. The molecule has 4 nitrogen and oxygen atoms in total. The Labute approximate surface area is 145 Å². The van der Waals surface area contributed by atoms with Crippen molar-refractivity contribution in [2.75, 3.05) is 0 Å². The Balaban J connectivity index is 2.11. The molecule has 6 atom stereocenters. The van der Waals surface area contributed by atoms with Gasteiger partial charge in [0.2, 0.25) is 0 Å². The van der Waals surface area contributed by atoms with Crippen LogP contribution in [0.3, 0.4) is 0 Å². The summed E-state index contributed by atoms with van der Waals surface area (Å²) < 4.78 is 0. The average Bonchev–Trinajstić information content (AvgIpc) is 2.66. The summed E-state index contributed by atoms with van der Waals surface area (Å²) in [6, 6.07) is 0. The van der Waals surface area contributed by atoms with E-state index in [0.29, 0.717) is 50.5 Å². The van der Waals surface area contributed by atoms with Crippen molar-refractivity contribution in [1.82, 2.24) is 0 Å². The van der Waals surface area contributed by atoms with Gasteiger partial charge in [0.1, 0.15) is 0 Å². The lowest BCUT2D eigenvalue weighted by Crippen LogP contribution is -2.60. The third-order valence-electron chi connectivity index (χ3n) is 8.31. The molecule has 0 aromatic heterocycles. The van der Waals surface area contributed by atoms with Gasteiger partial charge in [-0.2, -0.15) is 0 Å². The van der Waals surface area contributed by atoms with Gasteiger partial charge in [0.05, 0.1) is 22.9 Å². The molecule has 3 saturated carbocycles. The van der Waals surface area contributed by atoms with Crippen molar-refractivity contribution in [3.05, 3.63) is 12.2 Å². The molecule has 0 radical (unpaired) electrons. The predicted octanol–water partition coefficient (Wildman–Crippen LogP) is 2.54. The number of hydrogen-bond acceptors (Lipinski definition) is 4. The molecule has 24 heavy (non-hydrogen) atoms. The van der Waals surface area contributed by atoms with Crippen LogP contribution in [-0.2, 0) is 0 Å². The monoisotopic (exact) mass is 338 g/mol. The topological polar surface area (TPSA) is 80.9 Å². The maximum absolute atomic E-state index is 11.7. The van der Waals surface area contributed by atoms with E-state index in [-0.39, 0.29) is 5.92 Å². The van der Waals surface area contributed by atoms with Crippen LogP contribution in [-0.4, -0.2) is 43.3 Å². The fraction of sp³-hybridized carbons (Fsp3) is 0.900. The second-order valence-electron chi connectivity index (χ2n) is 9.68. The first-order valence-electron chi connectivity index (χ1n) is 9.40. The summed E-state index contributed by atoms with van der Waals surface area (Å²) in [5.41, 5.74) is -4.10. The van der Waals surface area contributed by atoms with Gasteiger partial charge in [-0.3, -0.25) is 0 Å². The maximum atomic E-state index is 11.7. The number of hydrogen-bond donors (Lipinski definition) is 4. The van der Waals surface area contributed by atoms with Gasteiger partial charge in [0, 0.05) is 10.8 Å². The molecule has 0 bridgehead atoms. The van der Waals surface area contributed by atoms with E-state index in [4.69, 9.17) is 0 Å². The molecule has 3 fully saturated rings. The molecular weight excluding hydrogens is 304 g/mol. The zero-order valence-electron chi connectivity index (χ0n) is 15.6. The third kappa shape index (κ3) is 1.94. The van der Waals surface area contributed by atoms with Gasteiger partial charge in [-0.15, -0.1) is 0 Å². The van der Waals surface area contributed by atoms with Crippen molar-refractivity contribution in [2.24, 2.45) is 16.7 Å². The molecule has 0 amide bonds. The van der Waals surface area contributed by atoms with Gasteiger partial charge >= 0.3 is 0 Å². The highest BCUT2D eigenvalue weighted by Gasteiger charge is 2.71. The molecule has 4 N–H and O–H groups in total. The van der Waals surface area contributed by atoms with Crippen LogP contribution >= 0.6 is 0 Å². The summed E-state index contributed by atoms with van der Waals surface area (Å²) in [7, 11) is 0. The van der Waals surface area contributed by atoms with Gasteiger partial charge in [0.15, 0.2) is 0 Å². The first-order valence-corrected chi connectivity index (χ1v) is 9.40. The van der Waals surface area contributed by atoms with Crippen LogP contribution in [0.25, 0.3) is 0 Å². The molecule has 3 aliphatic rings. The molecule has 6 unspecified atom stereocenters. The second-order valence-corrected chi connectivity index (χ2v) is 9.68. The van der Waals surface area contributed by atoms with E-state index in [1.54, 1.807) is 0 Å². The van der Waals surface area contributed by atoms with Crippen LogP contribution in [0.2, 0.25) is 0 Å². The number of aliphatic hydroxyl groups excluding tert-OH is 1. The minimum atomic E-state index is -1.23. The highest BCUT2D eigenvalue weighted by Crippen LogP contribution is 2.67. The predicted molar refractivity (Wildman–Crippen MR) is 93.4 cm³/mol. The fourth-order valence-corrected chi connectivity index (χ4v) is 6.10. The van der Waals surface area contributed by atoms with Crippen molar-refractivity contribution < 1.29 is 20.4 Å². The summed E-state index contributed by atoms with van der Waals surface area (Å²) in [6.45, 7) is 12.0. The smallest absolute Gasteiger partial charge is 0.0990 e. The Morgan fingerprint density at radius 1 is 0.958 bits per heavy atom. The standard InChI is InChI=1S/C20H34O4/c1-13(2)18(22)10-8-17(5)12-19(23)14(3)15(21)6-7-16(19,4)9-11-20(17,18)24/h13,15,21-24H,3,6-12H2,1-2,4-5H3. The largest absolute Gasteiger partial charge is 0.389 e. The van der Waals surface area contributed by atoms with E-state index in [1.807, 2.05) is 27.7 Å². The SMILES string of the molecule is C=C1C(O)CCC2(C)CCC3(O)C(C)(CCC3(O)C(C)C)CC12O. The zero-order valence-corrected chi connectivity index (χ0v) is 15.6. The normalized spacial score (nSPS) is 55.2. The molecule has 0 spiro atoms. The minimum absolute atomic E-state index is 0.0549. The van der Waals surface area contributed by atoms with Crippen LogP contribution in [0.1, 0.15) is 72.6 Å². The van der Waals surface area contributed by atoms with E-state index >= 15 is 0 Å². The lowest BCUT2D eigenvalue weighted by atomic mass is 9.57. The molecule has 3 rings (SSSR count). The highest BCUT2D eigenvalue weighted by atomic mass is 16.4. The molecule has 0 aliphatic heterocycles. The summed E-state index contributed by atoms with van der Waals surface area (Å²) in [5.74, 6) is -0.0549. The zero-order chi connectivity index (χ0) is 18.2. The van der Waals surface area contributed by atoms with Crippen LogP contribution in [0.4, 0.5) is 0 Å². The molecular formula is C20H34O4. The molecule has 0 heterocycles. The average molecular weight is 338 g/mol. The summed E-state index contributed by atoms with van der Waals surface area (Å²) in [6.07, 6.45) is 3.26.